The van der Waals surface area contributed by atoms with E-state index >= 15 is 0 Å². The van der Waals surface area contributed by atoms with Gasteiger partial charge < -0.3 is 4.74 Å². The van der Waals surface area contributed by atoms with Gasteiger partial charge in [-0.05, 0) is 48.4 Å². The first kappa shape index (κ1) is 21.2. The van der Waals surface area contributed by atoms with Crippen molar-refractivity contribution in [2.24, 2.45) is 5.10 Å². The highest BCUT2D eigenvalue weighted by molar-refractivity contribution is 6.07. The molecule has 0 unspecified atom stereocenters. The summed E-state index contributed by atoms with van der Waals surface area (Å²) in [6.07, 6.45) is 7.01. The summed E-state index contributed by atoms with van der Waals surface area (Å²) in [6.45, 7) is 2.81. The molecule has 32 heavy (non-hydrogen) atoms. The highest BCUT2D eigenvalue weighted by Gasteiger charge is 2.14. The van der Waals surface area contributed by atoms with Crippen molar-refractivity contribution in [1.82, 2.24) is 15.4 Å². The molecule has 0 atom stereocenters. The van der Waals surface area contributed by atoms with E-state index < -0.39 is 0 Å². The number of nitrogens with one attached hydrogen (secondary N) is 1. The maximum Gasteiger partial charge on any atom is 0.272 e. The zero-order valence-corrected chi connectivity index (χ0v) is 17.9. The molecule has 0 bridgehead atoms. The molecule has 0 radical (unpaired) electrons. The molecule has 0 saturated carbocycles. The van der Waals surface area contributed by atoms with Gasteiger partial charge in [-0.3, -0.25) is 9.78 Å². The SMILES string of the molecule is CCCCOc1cccc(-c2cc(C(=O)N/N=C/c3ccncc3)c3ccccc3n2)c1. The standard InChI is InChI=1S/C26H24N4O2/c1-2-3-15-32-21-8-6-7-20(16-21)25-17-23(22-9-4-5-10-24(22)29-25)26(31)30-28-18-19-11-13-27-14-12-19/h4-14,16-18H,2-3,15H2,1H3,(H,30,31)/b28-18+. The van der Waals surface area contributed by atoms with Crippen molar-refractivity contribution in [2.45, 2.75) is 19.8 Å². The fourth-order valence-corrected chi connectivity index (χ4v) is 3.27. The summed E-state index contributed by atoms with van der Waals surface area (Å²) >= 11 is 0. The van der Waals surface area contributed by atoms with E-state index in [1.54, 1.807) is 24.7 Å². The number of nitrogens with zero attached hydrogens (tertiary/aromatic N) is 3. The molecule has 0 spiro atoms. The Kier molecular flexibility index (Phi) is 6.82. The average Bonchev–Trinajstić information content (AvgIpc) is 2.84. The Bertz CT molecular complexity index is 1240. The van der Waals surface area contributed by atoms with Gasteiger partial charge in [-0.2, -0.15) is 5.10 Å². The van der Waals surface area contributed by atoms with Crippen LogP contribution < -0.4 is 10.2 Å². The van der Waals surface area contributed by atoms with Gasteiger partial charge >= 0.3 is 0 Å². The van der Waals surface area contributed by atoms with Gasteiger partial charge in [0.2, 0.25) is 0 Å². The summed E-state index contributed by atoms with van der Waals surface area (Å²) in [4.78, 5) is 21.7. The van der Waals surface area contributed by atoms with Crippen LogP contribution in [0.4, 0.5) is 0 Å². The van der Waals surface area contributed by atoms with E-state index in [0.717, 1.165) is 40.6 Å². The summed E-state index contributed by atoms with van der Waals surface area (Å²) in [5.41, 5.74) is 6.31. The molecule has 0 aliphatic carbocycles. The molecule has 2 aromatic heterocycles. The van der Waals surface area contributed by atoms with Crippen molar-refractivity contribution in [1.29, 1.82) is 0 Å². The molecular weight excluding hydrogens is 400 g/mol. The molecule has 0 aliphatic heterocycles. The van der Waals surface area contributed by atoms with Crippen LogP contribution in [-0.2, 0) is 0 Å². The number of aromatic nitrogens is 2. The first-order chi connectivity index (χ1) is 15.7. The van der Waals surface area contributed by atoms with E-state index in [0.29, 0.717) is 17.9 Å². The zero-order valence-electron chi connectivity index (χ0n) is 17.9. The normalized spacial score (nSPS) is 11.0. The molecule has 0 saturated heterocycles. The van der Waals surface area contributed by atoms with Gasteiger partial charge in [-0.25, -0.2) is 10.4 Å². The third kappa shape index (κ3) is 5.16. The number of hydrazone groups is 1. The van der Waals surface area contributed by atoms with Gasteiger partial charge in [0, 0.05) is 23.3 Å². The van der Waals surface area contributed by atoms with Crippen LogP contribution in [0.5, 0.6) is 5.75 Å². The highest BCUT2D eigenvalue weighted by Crippen LogP contribution is 2.27. The van der Waals surface area contributed by atoms with Crippen LogP contribution in [0, 0.1) is 0 Å². The fraction of sp³-hybridized carbons (Fsp3) is 0.154. The van der Waals surface area contributed by atoms with E-state index in [9.17, 15) is 4.79 Å². The molecule has 6 nitrogen and oxygen atoms in total. The number of pyridine rings is 2. The Hall–Kier alpha value is -4.06. The number of rotatable bonds is 8. The smallest absolute Gasteiger partial charge is 0.272 e. The molecule has 2 aromatic carbocycles. The zero-order chi connectivity index (χ0) is 22.2. The Morgan fingerprint density at radius 2 is 1.91 bits per heavy atom. The summed E-state index contributed by atoms with van der Waals surface area (Å²) < 4.78 is 5.84. The molecule has 160 valence electrons. The molecule has 0 aliphatic rings. The second-order valence-electron chi connectivity index (χ2n) is 7.28. The number of para-hydroxylation sites is 1. The minimum Gasteiger partial charge on any atom is -0.494 e. The summed E-state index contributed by atoms with van der Waals surface area (Å²) in [7, 11) is 0. The molecule has 4 aromatic rings. The Morgan fingerprint density at radius 3 is 2.75 bits per heavy atom. The molecule has 6 heteroatoms. The lowest BCUT2D eigenvalue weighted by Gasteiger charge is -2.11. The predicted molar refractivity (Wildman–Crippen MR) is 127 cm³/mol. The Balaban J connectivity index is 1.64. The largest absolute Gasteiger partial charge is 0.494 e. The maximum atomic E-state index is 13.0. The van der Waals surface area contributed by atoms with Crippen molar-refractivity contribution in [3.05, 3.63) is 90.3 Å². The Labute approximate surface area is 187 Å². The lowest BCUT2D eigenvalue weighted by atomic mass is 10.0. The van der Waals surface area contributed by atoms with Crippen molar-refractivity contribution in [2.75, 3.05) is 6.61 Å². The van der Waals surface area contributed by atoms with Gasteiger partial charge in [-0.1, -0.05) is 43.7 Å². The second-order valence-corrected chi connectivity index (χ2v) is 7.28. The minimum absolute atomic E-state index is 0.300. The lowest BCUT2D eigenvalue weighted by Crippen LogP contribution is -2.18. The number of ether oxygens (including phenoxy) is 1. The van der Waals surface area contributed by atoms with E-state index in [1.807, 2.05) is 60.7 Å². The topological polar surface area (TPSA) is 76.5 Å². The molecular formula is C26H24N4O2. The predicted octanol–water partition coefficient (Wildman–Crippen LogP) is 5.24. The summed E-state index contributed by atoms with van der Waals surface area (Å²) in [5, 5.41) is 4.86. The van der Waals surface area contributed by atoms with Crippen LogP contribution >= 0.6 is 0 Å². The van der Waals surface area contributed by atoms with Gasteiger partial charge in [-0.15, -0.1) is 0 Å². The molecule has 0 fully saturated rings. The van der Waals surface area contributed by atoms with Crippen LogP contribution in [0.3, 0.4) is 0 Å². The van der Waals surface area contributed by atoms with Gasteiger partial charge in [0.25, 0.3) is 5.91 Å². The Morgan fingerprint density at radius 1 is 1.06 bits per heavy atom. The van der Waals surface area contributed by atoms with E-state index in [1.165, 1.54) is 0 Å². The number of unbranched alkanes of at least 4 members (excludes halogenated alkanes) is 1. The summed E-state index contributed by atoms with van der Waals surface area (Å²) in [6, 6.07) is 20.8. The van der Waals surface area contributed by atoms with Gasteiger partial charge in [0.15, 0.2) is 0 Å². The fourth-order valence-electron chi connectivity index (χ4n) is 3.27. The van der Waals surface area contributed by atoms with Crippen molar-refractivity contribution in [3.8, 4) is 17.0 Å². The number of carbonyl (C=O) groups is 1. The van der Waals surface area contributed by atoms with E-state index in [-0.39, 0.29) is 5.91 Å². The van der Waals surface area contributed by atoms with Crippen LogP contribution in [-0.4, -0.2) is 28.7 Å². The maximum absolute atomic E-state index is 13.0. The van der Waals surface area contributed by atoms with Gasteiger partial charge in [0.1, 0.15) is 5.75 Å². The number of carbonyl (C=O) groups excluding carboxylic acids is 1. The quantitative estimate of drug-likeness (QED) is 0.238. The number of hydrogen-bond acceptors (Lipinski definition) is 5. The van der Waals surface area contributed by atoms with E-state index in [2.05, 4.69) is 22.4 Å². The number of amides is 1. The van der Waals surface area contributed by atoms with E-state index in [4.69, 9.17) is 9.72 Å². The monoisotopic (exact) mass is 424 g/mol. The molecule has 2 heterocycles. The van der Waals surface area contributed by atoms with Gasteiger partial charge in [0.05, 0.1) is 29.6 Å². The van der Waals surface area contributed by atoms with Crippen LogP contribution in [0.25, 0.3) is 22.2 Å². The second kappa shape index (κ2) is 10.3. The lowest BCUT2D eigenvalue weighted by molar-refractivity contribution is 0.0956. The van der Waals surface area contributed by atoms with Crippen molar-refractivity contribution < 1.29 is 9.53 Å². The van der Waals surface area contributed by atoms with Crippen molar-refractivity contribution in [3.63, 3.8) is 0 Å². The number of benzene rings is 2. The third-order valence-electron chi connectivity index (χ3n) is 4.94. The average molecular weight is 425 g/mol. The summed E-state index contributed by atoms with van der Waals surface area (Å²) in [5.74, 6) is 0.490. The first-order valence-electron chi connectivity index (χ1n) is 10.6. The highest BCUT2D eigenvalue weighted by atomic mass is 16.5. The minimum atomic E-state index is -0.300. The first-order valence-corrected chi connectivity index (χ1v) is 10.6. The molecule has 1 amide bonds. The van der Waals surface area contributed by atoms with Crippen LogP contribution in [0.1, 0.15) is 35.7 Å². The van der Waals surface area contributed by atoms with Crippen LogP contribution in [0.15, 0.2) is 84.2 Å². The van der Waals surface area contributed by atoms with Crippen molar-refractivity contribution >= 4 is 23.0 Å². The molecule has 1 N–H and O–H groups in total. The number of hydrogen-bond donors (Lipinski definition) is 1. The van der Waals surface area contributed by atoms with Crippen LogP contribution in [0.2, 0.25) is 0 Å². The molecule has 4 rings (SSSR count). The third-order valence-corrected chi connectivity index (χ3v) is 4.94. The number of fused-ring (bicyclic) bond motifs is 1.